The third-order valence-corrected chi connectivity index (χ3v) is 2.04. The Balaban J connectivity index is 1.99. The van der Waals surface area contributed by atoms with Gasteiger partial charge in [0.25, 0.3) is 0 Å². The van der Waals surface area contributed by atoms with E-state index < -0.39 is 0 Å². The molecule has 2 rings (SSSR count). The van der Waals surface area contributed by atoms with Crippen molar-refractivity contribution in [3.05, 3.63) is 24.3 Å². The molecule has 0 amide bonds. The highest BCUT2D eigenvalue weighted by atomic mass is 16.6. The summed E-state index contributed by atoms with van der Waals surface area (Å²) in [5.74, 6) is 1.59. The average Bonchev–Trinajstić information content (AvgIpc) is 2.99. The highest BCUT2D eigenvalue weighted by Gasteiger charge is 2.23. The van der Waals surface area contributed by atoms with Crippen molar-refractivity contribution in [1.29, 1.82) is 0 Å². The molecule has 1 saturated heterocycles. The second kappa shape index (κ2) is 4.53. The highest BCUT2D eigenvalue weighted by Crippen LogP contribution is 2.28. The van der Waals surface area contributed by atoms with E-state index in [1.54, 1.807) is 0 Å². The van der Waals surface area contributed by atoms with E-state index in [1.807, 2.05) is 38.1 Å². The molecule has 0 radical (unpaired) electrons. The summed E-state index contributed by atoms with van der Waals surface area (Å²) in [6, 6.07) is 7.72. The monoisotopic (exact) mass is 208 g/mol. The summed E-state index contributed by atoms with van der Waals surface area (Å²) in [6.07, 6.45) is 0.434. The minimum atomic E-state index is 0.159. The second-order valence-corrected chi connectivity index (χ2v) is 3.88. The van der Waals surface area contributed by atoms with E-state index in [-0.39, 0.29) is 12.2 Å². The van der Waals surface area contributed by atoms with Crippen LogP contribution in [0.5, 0.6) is 11.5 Å². The predicted molar refractivity (Wildman–Crippen MR) is 57.4 cm³/mol. The molecule has 82 valence electrons. The van der Waals surface area contributed by atoms with Gasteiger partial charge in [-0.25, -0.2) is 0 Å². The molecule has 3 nitrogen and oxygen atoms in total. The number of benzene rings is 1. The Labute approximate surface area is 90.0 Å². The maximum Gasteiger partial charge on any atom is 0.161 e. The summed E-state index contributed by atoms with van der Waals surface area (Å²) < 4.78 is 16.3. The van der Waals surface area contributed by atoms with E-state index >= 15 is 0 Å². The first kappa shape index (κ1) is 10.3. The average molecular weight is 208 g/mol. The molecule has 1 aliphatic heterocycles. The lowest BCUT2D eigenvalue weighted by molar-refractivity contribution is 0.212. The van der Waals surface area contributed by atoms with Crippen LogP contribution < -0.4 is 9.47 Å². The van der Waals surface area contributed by atoms with Gasteiger partial charge < -0.3 is 14.2 Å². The van der Waals surface area contributed by atoms with Crippen LogP contribution in [0.2, 0.25) is 0 Å². The molecule has 1 aliphatic rings. The largest absolute Gasteiger partial charge is 0.487 e. The predicted octanol–water partition coefficient (Wildman–Crippen LogP) is 2.25. The van der Waals surface area contributed by atoms with Crippen molar-refractivity contribution in [2.45, 2.75) is 26.1 Å². The van der Waals surface area contributed by atoms with E-state index in [1.165, 1.54) is 0 Å². The zero-order chi connectivity index (χ0) is 10.7. The zero-order valence-electron chi connectivity index (χ0n) is 9.10. The van der Waals surface area contributed by atoms with Crippen molar-refractivity contribution in [3.8, 4) is 11.5 Å². The summed E-state index contributed by atoms with van der Waals surface area (Å²) in [6.45, 7) is 5.42. The van der Waals surface area contributed by atoms with Crippen LogP contribution in [-0.4, -0.2) is 25.4 Å². The van der Waals surface area contributed by atoms with E-state index in [2.05, 4.69) is 0 Å². The highest BCUT2D eigenvalue weighted by molar-refractivity contribution is 5.39. The Morgan fingerprint density at radius 2 is 2.00 bits per heavy atom. The Hall–Kier alpha value is -1.22. The van der Waals surface area contributed by atoms with E-state index in [9.17, 15) is 0 Å². The Kier molecular flexibility index (Phi) is 3.11. The van der Waals surface area contributed by atoms with Gasteiger partial charge in [-0.1, -0.05) is 12.1 Å². The van der Waals surface area contributed by atoms with Gasteiger partial charge in [-0.15, -0.1) is 0 Å². The number of rotatable bonds is 5. The zero-order valence-corrected chi connectivity index (χ0v) is 9.10. The van der Waals surface area contributed by atoms with Gasteiger partial charge in [0.1, 0.15) is 12.7 Å². The number of para-hydroxylation sites is 2. The standard InChI is InChI=1S/C12H16O3/c1-9(2)15-12-6-4-3-5-11(12)14-8-10-7-13-10/h3-6,9-10H,7-8H2,1-2H3/t10-/m1/s1. The van der Waals surface area contributed by atoms with Crippen LogP contribution in [0.15, 0.2) is 24.3 Å². The van der Waals surface area contributed by atoms with Gasteiger partial charge >= 0.3 is 0 Å². The molecule has 0 spiro atoms. The molecule has 1 aromatic rings. The summed E-state index contributed by atoms with van der Waals surface area (Å²) >= 11 is 0. The van der Waals surface area contributed by atoms with Crippen molar-refractivity contribution in [3.63, 3.8) is 0 Å². The fraction of sp³-hybridized carbons (Fsp3) is 0.500. The van der Waals surface area contributed by atoms with Crippen LogP contribution in [0.3, 0.4) is 0 Å². The summed E-state index contributed by atoms with van der Waals surface area (Å²) in [5.41, 5.74) is 0. The number of hydrogen-bond donors (Lipinski definition) is 0. The van der Waals surface area contributed by atoms with Crippen LogP contribution >= 0.6 is 0 Å². The number of ether oxygens (including phenoxy) is 3. The van der Waals surface area contributed by atoms with Crippen LogP contribution in [-0.2, 0) is 4.74 Å². The van der Waals surface area contributed by atoms with Crippen molar-refractivity contribution < 1.29 is 14.2 Å². The Bertz CT molecular complexity index is 318. The van der Waals surface area contributed by atoms with Gasteiger partial charge in [0.2, 0.25) is 0 Å². The molecule has 1 heterocycles. The van der Waals surface area contributed by atoms with Gasteiger partial charge in [-0.2, -0.15) is 0 Å². The maximum absolute atomic E-state index is 5.63. The molecule has 0 saturated carbocycles. The number of hydrogen-bond acceptors (Lipinski definition) is 3. The molecule has 0 aromatic heterocycles. The quantitative estimate of drug-likeness (QED) is 0.695. The molecular formula is C12H16O3. The molecule has 1 fully saturated rings. The third kappa shape index (κ3) is 3.13. The van der Waals surface area contributed by atoms with E-state index in [0.29, 0.717) is 6.61 Å². The maximum atomic E-state index is 5.63. The summed E-state index contributed by atoms with van der Waals surface area (Å²) in [5, 5.41) is 0. The summed E-state index contributed by atoms with van der Waals surface area (Å²) in [4.78, 5) is 0. The van der Waals surface area contributed by atoms with Gasteiger partial charge in [0.05, 0.1) is 12.7 Å². The molecule has 15 heavy (non-hydrogen) atoms. The lowest BCUT2D eigenvalue weighted by Gasteiger charge is -2.14. The molecule has 3 heteroatoms. The normalized spacial score (nSPS) is 19.0. The molecule has 0 unspecified atom stereocenters. The van der Waals surface area contributed by atoms with Crippen molar-refractivity contribution in [1.82, 2.24) is 0 Å². The molecule has 0 aliphatic carbocycles. The third-order valence-electron chi connectivity index (χ3n) is 2.04. The Morgan fingerprint density at radius 1 is 1.33 bits per heavy atom. The SMILES string of the molecule is CC(C)Oc1ccccc1OC[C@H]1CO1. The lowest BCUT2D eigenvalue weighted by Crippen LogP contribution is -2.09. The smallest absolute Gasteiger partial charge is 0.161 e. The van der Waals surface area contributed by atoms with Crippen molar-refractivity contribution in [2.24, 2.45) is 0 Å². The van der Waals surface area contributed by atoms with Crippen LogP contribution in [0.4, 0.5) is 0 Å². The molecule has 1 atom stereocenters. The summed E-state index contributed by atoms with van der Waals surface area (Å²) in [7, 11) is 0. The minimum Gasteiger partial charge on any atom is -0.487 e. The van der Waals surface area contributed by atoms with Gasteiger partial charge in [0, 0.05) is 0 Å². The molecular weight excluding hydrogens is 192 g/mol. The first-order valence-corrected chi connectivity index (χ1v) is 5.26. The fourth-order valence-corrected chi connectivity index (χ4v) is 1.27. The van der Waals surface area contributed by atoms with E-state index in [0.717, 1.165) is 18.1 Å². The minimum absolute atomic E-state index is 0.159. The Morgan fingerprint density at radius 3 is 2.60 bits per heavy atom. The van der Waals surface area contributed by atoms with Crippen LogP contribution in [0.1, 0.15) is 13.8 Å². The molecule has 1 aromatic carbocycles. The second-order valence-electron chi connectivity index (χ2n) is 3.88. The van der Waals surface area contributed by atoms with Gasteiger partial charge in [-0.05, 0) is 26.0 Å². The van der Waals surface area contributed by atoms with Gasteiger partial charge in [-0.3, -0.25) is 0 Å². The molecule has 0 N–H and O–H groups in total. The van der Waals surface area contributed by atoms with Crippen LogP contribution in [0, 0.1) is 0 Å². The first-order valence-electron chi connectivity index (χ1n) is 5.26. The van der Waals surface area contributed by atoms with Crippen molar-refractivity contribution in [2.75, 3.05) is 13.2 Å². The number of epoxide rings is 1. The van der Waals surface area contributed by atoms with Crippen molar-refractivity contribution >= 4 is 0 Å². The first-order chi connectivity index (χ1) is 7.25. The topological polar surface area (TPSA) is 31.0 Å². The molecule has 0 bridgehead atoms. The lowest BCUT2D eigenvalue weighted by atomic mass is 10.3. The van der Waals surface area contributed by atoms with Crippen LogP contribution in [0.25, 0.3) is 0 Å². The van der Waals surface area contributed by atoms with E-state index in [4.69, 9.17) is 14.2 Å². The van der Waals surface area contributed by atoms with Gasteiger partial charge in [0.15, 0.2) is 11.5 Å². The fourth-order valence-electron chi connectivity index (χ4n) is 1.27.